The molecule has 174 valence electrons. The van der Waals surface area contributed by atoms with Crippen LogP contribution in [-0.4, -0.2) is 23.9 Å². The molecule has 0 spiro atoms. The van der Waals surface area contributed by atoms with Gasteiger partial charge in [-0.2, -0.15) is 0 Å². The van der Waals surface area contributed by atoms with Crippen LogP contribution in [-0.2, 0) is 11.4 Å². The van der Waals surface area contributed by atoms with Gasteiger partial charge in [0.05, 0.1) is 29.3 Å². The lowest BCUT2D eigenvalue weighted by atomic mass is 10.1. The Kier molecular flexibility index (Phi) is 7.77. The zero-order chi connectivity index (χ0) is 24.1. The highest BCUT2D eigenvalue weighted by atomic mass is 35.5. The van der Waals surface area contributed by atoms with Crippen molar-refractivity contribution >= 4 is 57.6 Å². The minimum absolute atomic E-state index is 0.224. The van der Waals surface area contributed by atoms with Gasteiger partial charge in [0.1, 0.15) is 12.4 Å². The van der Waals surface area contributed by atoms with Crippen molar-refractivity contribution in [3.8, 4) is 17.2 Å². The van der Waals surface area contributed by atoms with Crippen molar-refractivity contribution < 1.29 is 19.0 Å². The quantitative estimate of drug-likeness (QED) is 0.247. The summed E-state index contributed by atoms with van der Waals surface area (Å²) in [6, 6.07) is 20.6. The van der Waals surface area contributed by atoms with Crippen molar-refractivity contribution in [2.24, 2.45) is 0 Å². The van der Waals surface area contributed by atoms with E-state index in [1.807, 2.05) is 55.5 Å². The Morgan fingerprint density at radius 2 is 1.76 bits per heavy atom. The molecule has 3 aromatic rings. The largest absolute Gasteiger partial charge is 0.495 e. The summed E-state index contributed by atoms with van der Waals surface area (Å²) in [7, 11) is 1.56. The Hall–Kier alpha value is -3.00. The number of thiocarbonyl (C=S) groups is 1. The molecule has 1 fully saturated rings. The Bertz CT molecular complexity index is 1250. The maximum absolute atomic E-state index is 13.2. The van der Waals surface area contributed by atoms with Gasteiger partial charge in [-0.1, -0.05) is 78.0 Å². The predicted molar refractivity (Wildman–Crippen MR) is 142 cm³/mol. The molecule has 8 heteroatoms. The molecule has 0 aliphatic carbocycles. The number of nitrogens with zero attached hydrogens (tertiary/aromatic N) is 1. The lowest BCUT2D eigenvalue weighted by Crippen LogP contribution is -2.27. The number of para-hydroxylation sites is 2. The summed E-state index contributed by atoms with van der Waals surface area (Å²) in [5.41, 5.74) is 2.33. The van der Waals surface area contributed by atoms with Crippen LogP contribution in [0.3, 0.4) is 0 Å². The molecule has 3 aromatic carbocycles. The molecule has 1 aliphatic heterocycles. The molecule has 0 atom stereocenters. The zero-order valence-corrected chi connectivity index (χ0v) is 21.0. The molecular formula is C26H22ClNO4S2. The van der Waals surface area contributed by atoms with Gasteiger partial charge in [0.15, 0.2) is 15.8 Å². The molecule has 5 nitrogen and oxygen atoms in total. The number of thioether (sulfide) groups is 1. The van der Waals surface area contributed by atoms with Gasteiger partial charge in [-0.25, -0.2) is 0 Å². The van der Waals surface area contributed by atoms with Gasteiger partial charge in [-0.05, 0) is 48.4 Å². The zero-order valence-electron chi connectivity index (χ0n) is 18.6. The monoisotopic (exact) mass is 511 g/mol. The Morgan fingerprint density at radius 1 is 1.03 bits per heavy atom. The number of halogens is 1. The van der Waals surface area contributed by atoms with Crippen molar-refractivity contribution in [1.82, 2.24) is 0 Å². The lowest BCUT2D eigenvalue weighted by Gasteiger charge is -2.17. The number of methoxy groups -OCH3 is 1. The van der Waals surface area contributed by atoms with Crippen molar-refractivity contribution in [1.29, 1.82) is 0 Å². The van der Waals surface area contributed by atoms with Crippen LogP contribution in [0.1, 0.15) is 18.1 Å². The fourth-order valence-electron chi connectivity index (χ4n) is 3.45. The van der Waals surface area contributed by atoms with E-state index in [1.165, 1.54) is 16.7 Å². The van der Waals surface area contributed by atoms with Gasteiger partial charge in [-0.15, -0.1) is 0 Å². The Labute approximate surface area is 213 Å². The number of carbonyl (C=O) groups excluding carboxylic acids is 1. The highest BCUT2D eigenvalue weighted by molar-refractivity contribution is 8.27. The summed E-state index contributed by atoms with van der Waals surface area (Å²) >= 11 is 13.3. The molecule has 4 rings (SSSR count). The number of ether oxygens (including phenoxy) is 3. The molecule has 1 aliphatic rings. The van der Waals surface area contributed by atoms with Crippen molar-refractivity contribution in [2.45, 2.75) is 13.5 Å². The second kappa shape index (κ2) is 11.0. The van der Waals surface area contributed by atoms with Crippen molar-refractivity contribution in [3.63, 3.8) is 0 Å². The number of hydrogen-bond acceptors (Lipinski definition) is 6. The number of carbonyl (C=O) groups is 1. The van der Waals surface area contributed by atoms with E-state index in [9.17, 15) is 4.79 Å². The molecule has 1 amide bonds. The van der Waals surface area contributed by atoms with E-state index >= 15 is 0 Å². The predicted octanol–water partition coefficient (Wildman–Crippen LogP) is 6.73. The maximum atomic E-state index is 13.2. The van der Waals surface area contributed by atoms with E-state index in [2.05, 4.69) is 0 Å². The van der Waals surface area contributed by atoms with E-state index in [0.29, 0.717) is 56.0 Å². The Morgan fingerprint density at radius 3 is 2.50 bits per heavy atom. The van der Waals surface area contributed by atoms with Crippen molar-refractivity contribution in [2.75, 3.05) is 18.6 Å². The first-order chi connectivity index (χ1) is 16.5. The molecule has 0 aromatic heterocycles. The molecule has 0 unspecified atom stereocenters. The number of benzene rings is 3. The average Bonchev–Trinajstić information content (AvgIpc) is 3.11. The maximum Gasteiger partial charge on any atom is 0.270 e. The first kappa shape index (κ1) is 24.1. The molecule has 1 heterocycles. The fourth-order valence-corrected chi connectivity index (χ4v) is 5.00. The molecule has 34 heavy (non-hydrogen) atoms. The summed E-state index contributed by atoms with van der Waals surface area (Å²) in [6.07, 6.45) is 1.75. The van der Waals surface area contributed by atoms with Crippen LogP contribution in [0, 0.1) is 0 Å². The van der Waals surface area contributed by atoms with E-state index in [-0.39, 0.29) is 5.91 Å². The SMILES string of the molecule is CCOc1cc(/C=C2/SC(=S)N(c3ccccc3OC)C2=O)cc(Cl)c1OCc1ccccc1. The topological polar surface area (TPSA) is 48.0 Å². The van der Waals surface area contributed by atoms with Crippen LogP contribution in [0.25, 0.3) is 6.08 Å². The van der Waals surface area contributed by atoms with Gasteiger partial charge in [0.2, 0.25) is 0 Å². The molecule has 1 saturated heterocycles. The second-order valence-electron chi connectivity index (χ2n) is 7.23. The third-order valence-electron chi connectivity index (χ3n) is 4.98. The van der Waals surface area contributed by atoms with Crippen LogP contribution in [0.2, 0.25) is 5.02 Å². The van der Waals surface area contributed by atoms with E-state index in [1.54, 1.807) is 31.4 Å². The molecule has 0 N–H and O–H groups in total. The average molecular weight is 512 g/mol. The summed E-state index contributed by atoms with van der Waals surface area (Å²) in [4.78, 5) is 15.2. The lowest BCUT2D eigenvalue weighted by molar-refractivity contribution is -0.113. The number of hydrogen-bond donors (Lipinski definition) is 0. The van der Waals surface area contributed by atoms with Crippen LogP contribution < -0.4 is 19.1 Å². The second-order valence-corrected chi connectivity index (χ2v) is 9.31. The highest BCUT2D eigenvalue weighted by Gasteiger charge is 2.35. The minimum atomic E-state index is -0.224. The molecule has 0 bridgehead atoms. The number of anilines is 1. The molecular weight excluding hydrogens is 490 g/mol. The third kappa shape index (κ3) is 5.22. The van der Waals surface area contributed by atoms with Crippen LogP contribution in [0.15, 0.2) is 71.6 Å². The number of rotatable bonds is 8. The fraction of sp³-hybridized carbons (Fsp3) is 0.154. The summed E-state index contributed by atoms with van der Waals surface area (Å²) in [6.45, 7) is 2.69. The van der Waals surface area contributed by atoms with Gasteiger partial charge in [0.25, 0.3) is 5.91 Å². The van der Waals surface area contributed by atoms with Gasteiger partial charge < -0.3 is 14.2 Å². The van der Waals surface area contributed by atoms with Gasteiger partial charge in [0, 0.05) is 0 Å². The van der Waals surface area contributed by atoms with Crippen LogP contribution >= 0.6 is 35.6 Å². The Balaban J connectivity index is 1.62. The van der Waals surface area contributed by atoms with Crippen LogP contribution in [0.5, 0.6) is 17.2 Å². The minimum Gasteiger partial charge on any atom is -0.495 e. The van der Waals surface area contributed by atoms with E-state index in [4.69, 9.17) is 38.0 Å². The first-order valence-electron chi connectivity index (χ1n) is 10.6. The highest BCUT2D eigenvalue weighted by Crippen LogP contribution is 2.42. The standard InChI is InChI=1S/C26H22ClNO4S2/c1-3-31-22-14-18(13-19(27)24(22)32-16-17-9-5-4-6-10-17)15-23-25(29)28(26(33)34-23)20-11-7-8-12-21(20)30-2/h4-15H,3,16H2,1-2H3/b23-15+. The molecule has 0 saturated carbocycles. The smallest absolute Gasteiger partial charge is 0.270 e. The van der Waals surface area contributed by atoms with Gasteiger partial charge in [-0.3, -0.25) is 9.69 Å². The summed E-state index contributed by atoms with van der Waals surface area (Å²) < 4.78 is 17.6. The van der Waals surface area contributed by atoms with Gasteiger partial charge >= 0.3 is 0 Å². The van der Waals surface area contributed by atoms with E-state index in [0.717, 1.165) is 5.56 Å². The van der Waals surface area contributed by atoms with Crippen molar-refractivity contribution in [3.05, 3.63) is 87.8 Å². The summed E-state index contributed by atoms with van der Waals surface area (Å²) in [5, 5.41) is 0.397. The number of amides is 1. The van der Waals surface area contributed by atoms with E-state index < -0.39 is 0 Å². The third-order valence-corrected chi connectivity index (χ3v) is 6.56. The first-order valence-corrected chi connectivity index (χ1v) is 12.2. The summed E-state index contributed by atoms with van der Waals surface area (Å²) in [5.74, 6) is 1.32. The normalized spacial score (nSPS) is 14.6. The van der Waals surface area contributed by atoms with Crippen LogP contribution in [0.4, 0.5) is 5.69 Å². The molecule has 0 radical (unpaired) electrons.